The van der Waals surface area contributed by atoms with Crippen molar-refractivity contribution in [3.63, 3.8) is 0 Å². The molecule has 0 saturated heterocycles. The van der Waals surface area contributed by atoms with Crippen molar-refractivity contribution < 1.29 is 4.79 Å². The van der Waals surface area contributed by atoms with Gasteiger partial charge in [0.25, 0.3) is 0 Å². The van der Waals surface area contributed by atoms with E-state index in [1.807, 2.05) is 18.4 Å². The van der Waals surface area contributed by atoms with Crippen LogP contribution in [0.25, 0.3) is 0 Å². The summed E-state index contributed by atoms with van der Waals surface area (Å²) in [6, 6.07) is 1.55. The number of aryl methyl sites for hydroxylation is 1. The van der Waals surface area contributed by atoms with Crippen LogP contribution in [0, 0.1) is 6.92 Å². The summed E-state index contributed by atoms with van der Waals surface area (Å²) in [6.45, 7) is 3.63. The lowest BCUT2D eigenvalue weighted by Gasteiger charge is -2.01. The summed E-state index contributed by atoms with van der Waals surface area (Å²) in [5.74, 6) is 0.0394. The van der Waals surface area contributed by atoms with Gasteiger partial charge in [-0.2, -0.15) is 0 Å². The lowest BCUT2D eigenvalue weighted by molar-refractivity contribution is 0.0971. The fourth-order valence-electron chi connectivity index (χ4n) is 0.832. The summed E-state index contributed by atoms with van der Waals surface area (Å²) in [5, 5.41) is 1.91. The summed E-state index contributed by atoms with van der Waals surface area (Å²) in [4.78, 5) is 12.1. The van der Waals surface area contributed by atoms with Crippen molar-refractivity contribution in [3.05, 3.63) is 21.9 Å². The van der Waals surface area contributed by atoms with E-state index in [0.717, 1.165) is 10.4 Å². The second-order valence-corrected chi connectivity index (χ2v) is 3.50. The van der Waals surface area contributed by atoms with Crippen LogP contribution in [0.2, 0.25) is 0 Å². The molecule has 1 heterocycles. The molecule has 0 fully saturated rings. The summed E-state index contributed by atoms with van der Waals surface area (Å²) in [5.41, 5.74) is 6.48. The maximum Gasteiger partial charge on any atom is 0.189 e. The van der Waals surface area contributed by atoms with Crippen molar-refractivity contribution in [3.8, 4) is 0 Å². The minimum Gasteiger partial charge on any atom is -0.321 e. The Morgan fingerprint density at radius 2 is 2.36 bits per heavy atom. The summed E-state index contributed by atoms with van der Waals surface area (Å²) >= 11 is 1.46. The molecule has 0 aromatic carbocycles. The second kappa shape index (κ2) is 3.15. The Labute approximate surface area is 70.0 Å². The zero-order chi connectivity index (χ0) is 8.43. The average molecular weight is 169 g/mol. The van der Waals surface area contributed by atoms with Gasteiger partial charge < -0.3 is 5.73 Å². The number of carbonyl (C=O) groups excluding carboxylic acids is 1. The molecule has 0 aliphatic carbocycles. The van der Waals surface area contributed by atoms with Gasteiger partial charge in [0, 0.05) is 0 Å². The predicted molar refractivity (Wildman–Crippen MR) is 47.0 cm³/mol. The molecule has 1 aromatic rings. The van der Waals surface area contributed by atoms with Crippen LogP contribution in [-0.4, -0.2) is 11.8 Å². The van der Waals surface area contributed by atoms with E-state index in [0.29, 0.717) is 0 Å². The third-order valence-electron chi connectivity index (χ3n) is 1.50. The highest BCUT2D eigenvalue weighted by Crippen LogP contribution is 2.16. The maximum atomic E-state index is 11.3. The highest BCUT2D eigenvalue weighted by Gasteiger charge is 2.13. The second-order valence-electron chi connectivity index (χ2n) is 2.59. The maximum absolute atomic E-state index is 11.3. The largest absolute Gasteiger partial charge is 0.321 e. The molecular weight excluding hydrogens is 158 g/mol. The lowest BCUT2D eigenvalue weighted by Crippen LogP contribution is -2.26. The molecule has 0 saturated carbocycles. The molecule has 1 rings (SSSR count). The van der Waals surface area contributed by atoms with Crippen molar-refractivity contribution in [1.82, 2.24) is 0 Å². The fourth-order valence-corrected chi connectivity index (χ4v) is 1.80. The van der Waals surface area contributed by atoms with Crippen molar-refractivity contribution in [2.75, 3.05) is 0 Å². The van der Waals surface area contributed by atoms with Gasteiger partial charge in [-0.1, -0.05) is 0 Å². The molecule has 60 valence electrons. The highest BCUT2D eigenvalue weighted by atomic mass is 32.1. The zero-order valence-electron chi connectivity index (χ0n) is 6.63. The number of rotatable bonds is 2. The first-order chi connectivity index (χ1) is 5.13. The Morgan fingerprint density at radius 1 is 1.73 bits per heavy atom. The van der Waals surface area contributed by atoms with E-state index in [4.69, 9.17) is 5.73 Å². The number of nitrogens with two attached hydrogens (primary N) is 1. The fraction of sp³-hybridized carbons (Fsp3) is 0.375. The minimum atomic E-state index is -0.382. The van der Waals surface area contributed by atoms with Gasteiger partial charge in [0.05, 0.1) is 10.9 Å². The molecule has 0 unspecified atom stereocenters. The summed E-state index contributed by atoms with van der Waals surface area (Å²) < 4.78 is 0. The Hall–Kier alpha value is -0.670. The van der Waals surface area contributed by atoms with Gasteiger partial charge in [0.1, 0.15) is 0 Å². The SMILES string of the molecule is Cc1ccsc1C(=O)[C@H](C)N. The van der Waals surface area contributed by atoms with Gasteiger partial charge in [-0.3, -0.25) is 4.79 Å². The van der Waals surface area contributed by atoms with Crippen molar-refractivity contribution in [2.45, 2.75) is 19.9 Å². The van der Waals surface area contributed by atoms with Crippen LogP contribution in [0.3, 0.4) is 0 Å². The van der Waals surface area contributed by atoms with Gasteiger partial charge in [-0.05, 0) is 30.9 Å². The molecule has 3 heteroatoms. The van der Waals surface area contributed by atoms with Crippen LogP contribution in [0.4, 0.5) is 0 Å². The molecule has 2 nitrogen and oxygen atoms in total. The Bertz CT molecular complexity index is 265. The number of Topliss-reactive ketones (excluding diaryl/α,β-unsaturated/α-hetero) is 1. The van der Waals surface area contributed by atoms with Crippen LogP contribution >= 0.6 is 11.3 Å². The lowest BCUT2D eigenvalue weighted by atomic mass is 10.1. The van der Waals surface area contributed by atoms with Crippen LogP contribution in [-0.2, 0) is 0 Å². The van der Waals surface area contributed by atoms with E-state index in [2.05, 4.69) is 0 Å². The van der Waals surface area contributed by atoms with Crippen LogP contribution in [0.5, 0.6) is 0 Å². The first kappa shape index (κ1) is 8.43. The average Bonchev–Trinajstić information content (AvgIpc) is 2.33. The van der Waals surface area contributed by atoms with Gasteiger partial charge >= 0.3 is 0 Å². The zero-order valence-corrected chi connectivity index (χ0v) is 7.44. The van der Waals surface area contributed by atoms with E-state index in [-0.39, 0.29) is 11.8 Å². The van der Waals surface area contributed by atoms with Crippen molar-refractivity contribution >= 4 is 17.1 Å². The van der Waals surface area contributed by atoms with Crippen LogP contribution in [0.1, 0.15) is 22.2 Å². The number of hydrogen-bond acceptors (Lipinski definition) is 3. The molecule has 0 radical (unpaired) electrons. The monoisotopic (exact) mass is 169 g/mol. The van der Waals surface area contributed by atoms with Gasteiger partial charge in [-0.15, -0.1) is 11.3 Å². The smallest absolute Gasteiger partial charge is 0.189 e. The van der Waals surface area contributed by atoms with E-state index in [1.165, 1.54) is 11.3 Å². The van der Waals surface area contributed by atoms with Crippen LogP contribution in [0.15, 0.2) is 11.4 Å². The number of hydrogen-bond donors (Lipinski definition) is 1. The molecule has 11 heavy (non-hydrogen) atoms. The Morgan fingerprint density at radius 3 is 2.73 bits per heavy atom. The summed E-state index contributed by atoms with van der Waals surface area (Å²) in [7, 11) is 0. The topological polar surface area (TPSA) is 43.1 Å². The quantitative estimate of drug-likeness (QED) is 0.683. The van der Waals surface area contributed by atoms with E-state index in [9.17, 15) is 4.79 Å². The molecule has 1 atom stereocenters. The Kier molecular flexibility index (Phi) is 2.42. The third-order valence-corrected chi connectivity index (χ3v) is 2.53. The Balaban J connectivity index is 2.93. The normalized spacial score (nSPS) is 13.0. The molecule has 0 aliphatic rings. The first-order valence-electron chi connectivity index (χ1n) is 3.47. The third kappa shape index (κ3) is 1.67. The molecule has 0 aliphatic heterocycles. The van der Waals surface area contributed by atoms with Crippen molar-refractivity contribution in [1.29, 1.82) is 0 Å². The van der Waals surface area contributed by atoms with Gasteiger partial charge in [-0.25, -0.2) is 0 Å². The molecule has 0 spiro atoms. The number of ketones is 1. The standard InChI is InChI=1S/C8H11NOS/c1-5-3-4-11-8(5)7(10)6(2)9/h3-4,6H,9H2,1-2H3/t6-/m0/s1. The molecule has 0 bridgehead atoms. The summed E-state index contributed by atoms with van der Waals surface area (Å²) in [6.07, 6.45) is 0. The number of thiophene rings is 1. The molecule has 1 aromatic heterocycles. The molecular formula is C8H11NOS. The molecule has 0 amide bonds. The van der Waals surface area contributed by atoms with Crippen LogP contribution < -0.4 is 5.73 Å². The minimum absolute atomic E-state index is 0.0394. The first-order valence-corrected chi connectivity index (χ1v) is 4.34. The highest BCUT2D eigenvalue weighted by molar-refractivity contribution is 7.12. The number of carbonyl (C=O) groups is 1. The predicted octanol–water partition coefficient (Wildman–Crippen LogP) is 1.59. The van der Waals surface area contributed by atoms with E-state index < -0.39 is 0 Å². The van der Waals surface area contributed by atoms with E-state index >= 15 is 0 Å². The van der Waals surface area contributed by atoms with Gasteiger partial charge in [0.15, 0.2) is 5.78 Å². The molecule has 2 N–H and O–H groups in total. The van der Waals surface area contributed by atoms with Gasteiger partial charge in [0.2, 0.25) is 0 Å². The van der Waals surface area contributed by atoms with E-state index in [1.54, 1.807) is 6.92 Å². The van der Waals surface area contributed by atoms with Crippen molar-refractivity contribution in [2.24, 2.45) is 5.73 Å².